The van der Waals surface area contributed by atoms with Crippen LogP contribution in [0, 0.1) is 5.82 Å². The number of nitrogens with one attached hydrogen (secondary N) is 1. The predicted molar refractivity (Wildman–Crippen MR) is 128 cm³/mol. The van der Waals surface area contributed by atoms with Crippen molar-refractivity contribution in [1.82, 2.24) is 0 Å². The van der Waals surface area contributed by atoms with E-state index in [1.165, 1.54) is 18.2 Å². The molecule has 0 radical (unpaired) electrons. The van der Waals surface area contributed by atoms with Gasteiger partial charge >= 0.3 is 0 Å². The van der Waals surface area contributed by atoms with Crippen LogP contribution in [-0.2, 0) is 4.79 Å². The molecular weight excluding hydrogens is 421 g/mol. The van der Waals surface area contributed by atoms with Crippen LogP contribution in [0.4, 0.5) is 10.1 Å². The number of rotatable bonds is 7. The number of allylic oxidation sites excluding steroid dienone is 1. The average molecular weight is 445 g/mol. The lowest BCUT2D eigenvalue weighted by Gasteiger charge is -2.10. The minimum Gasteiger partial charge on any atom is -0.496 e. The highest BCUT2D eigenvalue weighted by Crippen LogP contribution is 2.37. The number of benzene rings is 3. The molecule has 0 saturated heterocycles. The molecule has 5 nitrogen and oxygen atoms in total. The maximum Gasteiger partial charge on any atom is 0.248 e. The molecule has 1 N–H and O–H groups in total. The largest absolute Gasteiger partial charge is 0.496 e. The fourth-order valence-corrected chi connectivity index (χ4v) is 3.64. The molecule has 0 atom stereocenters. The standard InChI is InChI=1S/C27H24FNO4/c1-4-32-21-11-9-20(10-12-21)29-27(30)13-17(2)22-14-23-24(18-5-7-19(28)8-6-18)16-33-26(23)15-25(22)31-3/h5-16H,4H2,1-3H3,(H,29,30)/b17-13+. The summed E-state index contributed by atoms with van der Waals surface area (Å²) in [6.07, 6.45) is 3.16. The molecule has 1 heterocycles. The van der Waals surface area contributed by atoms with Crippen LogP contribution in [-0.4, -0.2) is 19.6 Å². The lowest BCUT2D eigenvalue weighted by molar-refractivity contribution is -0.111. The van der Waals surface area contributed by atoms with Gasteiger partial charge in [0.2, 0.25) is 5.91 Å². The van der Waals surface area contributed by atoms with Gasteiger partial charge in [-0.1, -0.05) is 12.1 Å². The molecule has 0 saturated carbocycles. The molecule has 168 valence electrons. The lowest BCUT2D eigenvalue weighted by atomic mass is 9.99. The summed E-state index contributed by atoms with van der Waals surface area (Å²) in [4.78, 5) is 12.6. The average Bonchev–Trinajstić information content (AvgIpc) is 3.23. The highest BCUT2D eigenvalue weighted by atomic mass is 19.1. The Kier molecular flexibility index (Phi) is 6.45. The van der Waals surface area contributed by atoms with Crippen LogP contribution in [0.1, 0.15) is 19.4 Å². The predicted octanol–water partition coefficient (Wildman–Crippen LogP) is 6.69. The number of halogens is 1. The summed E-state index contributed by atoms with van der Waals surface area (Å²) in [6.45, 7) is 4.35. The van der Waals surface area contributed by atoms with Gasteiger partial charge in [0.05, 0.1) is 20.0 Å². The number of carbonyl (C=O) groups is 1. The van der Waals surface area contributed by atoms with Crippen molar-refractivity contribution >= 4 is 28.1 Å². The summed E-state index contributed by atoms with van der Waals surface area (Å²) in [5.41, 5.74) is 4.46. The summed E-state index contributed by atoms with van der Waals surface area (Å²) in [5, 5.41) is 3.70. The third kappa shape index (κ3) is 4.90. The molecule has 3 aromatic carbocycles. The fourth-order valence-electron chi connectivity index (χ4n) is 3.64. The zero-order chi connectivity index (χ0) is 23.4. The summed E-state index contributed by atoms with van der Waals surface area (Å²) in [6, 6.07) is 17.1. The number of carbonyl (C=O) groups excluding carboxylic acids is 1. The van der Waals surface area contributed by atoms with Gasteiger partial charge in [-0.15, -0.1) is 0 Å². The smallest absolute Gasteiger partial charge is 0.248 e. The first-order valence-corrected chi connectivity index (χ1v) is 10.6. The van der Waals surface area contributed by atoms with E-state index in [0.717, 1.165) is 33.4 Å². The Labute approximate surface area is 191 Å². The van der Waals surface area contributed by atoms with Crippen LogP contribution in [0.25, 0.3) is 27.7 Å². The summed E-state index contributed by atoms with van der Waals surface area (Å²) < 4.78 is 30.0. The third-order valence-electron chi connectivity index (χ3n) is 5.26. The molecule has 1 aromatic heterocycles. The second-order valence-electron chi connectivity index (χ2n) is 7.48. The Hall–Kier alpha value is -4.06. The van der Waals surface area contributed by atoms with Crippen molar-refractivity contribution in [2.75, 3.05) is 19.0 Å². The van der Waals surface area contributed by atoms with Crippen LogP contribution in [0.3, 0.4) is 0 Å². The van der Waals surface area contributed by atoms with Crippen LogP contribution in [0.15, 0.2) is 77.4 Å². The number of hydrogen-bond acceptors (Lipinski definition) is 4. The molecule has 0 aliphatic carbocycles. The van der Waals surface area contributed by atoms with Crippen LogP contribution in [0.5, 0.6) is 11.5 Å². The second kappa shape index (κ2) is 9.61. The van der Waals surface area contributed by atoms with Gasteiger partial charge in [-0.3, -0.25) is 4.79 Å². The molecule has 4 rings (SSSR count). The highest BCUT2D eigenvalue weighted by Gasteiger charge is 2.15. The van der Waals surface area contributed by atoms with Crippen LogP contribution in [0.2, 0.25) is 0 Å². The molecular formula is C27H24FNO4. The molecule has 0 unspecified atom stereocenters. The summed E-state index contributed by atoms with van der Waals surface area (Å²) in [5.74, 6) is 0.776. The van der Waals surface area contributed by atoms with E-state index in [4.69, 9.17) is 13.9 Å². The van der Waals surface area contributed by atoms with E-state index in [1.807, 2.05) is 32.0 Å². The van der Waals surface area contributed by atoms with Gasteiger partial charge in [0.15, 0.2) is 0 Å². The lowest BCUT2D eigenvalue weighted by Crippen LogP contribution is -2.08. The monoisotopic (exact) mass is 445 g/mol. The van der Waals surface area contributed by atoms with E-state index in [-0.39, 0.29) is 11.7 Å². The van der Waals surface area contributed by atoms with Crippen molar-refractivity contribution in [3.05, 3.63) is 84.4 Å². The third-order valence-corrected chi connectivity index (χ3v) is 5.26. The topological polar surface area (TPSA) is 60.7 Å². The molecule has 0 bridgehead atoms. The molecule has 4 aromatic rings. The zero-order valence-electron chi connectivity index (χ0n) is 18.6. The van der Waals surface area contributed by atoms with Crippen molar-refractivity contribution in [1.29, 1.82) is 0 Å². The van der Waals surface area contributed by atoms with Crippen LogP contribution >= 0.6 is 0 Å². The first-order chi connectivity index (χ1) is 16.0. The van der Waals surface area contributed by atoms with Crippen molar-refractivity contribution in [3.8, 4) is 22.6 Å². The van der Waals surface area contributed by atoms with Gasteiger partial charge in [-0.25, -0.2) is 4.39 Å². The van der Waals surface area contributed by atoms with Gasteiger partial charge in [0.25, 0.3) is 0 Å². The number of ether oxygens (including phenoxy) is 2. The van der Waals surface area contributed by atoms with Gasteiger partial charge < -0.3 is 19.2 Å². The molecule has 1 amide bonds. The minimum atomic E-state index is -0.300. The number of anilines is 1. The molecule has 0 aliphatic rings. The van der Waals surface area contributed by atoms with E-state index in [1.54, 1.807) is 43.7 Å². The summed E-state index contributed by atoms with van der Waals surface area (Å²) in [7, 11) is 1.57. The molecule has 0 aliphatic heterocycles. The number of methoxy groups -OCH3 is 1. The normalized spacial score (nSPS) is 11.5. The maximum atomic E-state index is 13.4. The Morgan fingerprint density at radius 1 is 1.09 bits per heavy atom. The minimum absolute atomic E-state index is 0.259. The molecule has 0 fully saturated rings. The van der Waals surface area contributed by atoms with Crippen molar-refractivity contribution < 1.29 is 23.1 Å². The van der Waals surface area contributed by atoms with E-state index >= 15 is 0 Å². The molecule has 6 heteroatoms. The summed E-state index contributed by atoms with van der Waals surface area (Å²) >= 11 is 0. The van der Waals surface area contributed by atoms with Crippen molar-refractivity contribution in [3.63, 3.8) is 0 Å². The molecule has 33 heavy (non-hydrogen) atoms. The number of furan rings is 1. The Bertz CT molecular complexity index is 1300. The van der Waals surface area contributed by atoms with E-state index < -0.39 is 0 Å². The Morgan fingerprint density at radius 3 is 2.48 bits per heavy atom. The van der Waals surface area contributed by atoms with Crippen LogP contribution < -0.4 is 14.8 Å². The zero-order valence-corrected chi connectivity index (χ0v) is 18.6. The number of hydrogen-bond donors (Lipinski definition) is 1. The second-order valence-corrected chi connectivity index (χ2v) is 7.48. The maximum absolute atomic E-state index is 13.4. The number of amides is 1. The Balaban J connectivity index is 1.63. The van der Waals surface area contributed by atoms with Gasteiger partial charge in [-0.05, 0) is 67.4 Å². The van der Waals surface area contributed by atoms with Gasteiger partial charge in [0.1, 0.15) is 22.9 Å². The highest BCUT2D eigenvalue weighted by molar-refractivity contribution is 6.05. The van der Waals surface area contributed by atoms with E-state index in [9.17, 15) is 9.18 Å². The van der Waals surface area contributed by atoms with E-state index in [2.05, 4.69) is 5.32 Å². The van der Waals surface area contributed by atoms with Gasteiger partial charge in [0, 0.05) is 34.3 Å². The van der Waals surface area contributed by atoms with E-state index in [0.29, 0.717) is 23.6 Å². The fraction of sp³-hybridized carbons (Fsp3) is 0.148. The quantitative estimate of drug-likeness (QED) is 0.322. The number of fused-ring (bicyclic) bond motifs is 1. The van der Waals surface area contributed by atoms with Gasteiger partial charge in [-0.2, -0.15) is 0 Å². The first-order valence-electron chi connectivity index (χ1n) is 10.6. The van der Waals surface area contributed by atoms with Crippen molar-refractivity contribution in [2.45, 2.75) is 13.8 Å². The molecule has 0 spiro atoms. The van der Waals surface area contributed by atoms with Crippen molar-refractivity contribution in [2.24, 2.45) is 0 Å². The SMILES string of the molecule is CCOc1ccc(NC(=O)/C=C(\C)c2cc3c(-c4ccc(F)cc4)coc3cc2OC)cc1. The Morgan fingerprint density at radius 2 is 1.82 bits per heavy atom. The first kappa shape index (κ1) is 22.1.